The molecule has 0 aromatic heterocycles. The first-order chi connectivity index (χ1) is 6.30. The quantitative estimate of drug-likeness (QED) is 0.598. The Morgan fingerprint density at radius 3 is 2.21 bits per heavy atom. The third-order valence-corrected chi connectivity index (χ3v) is 2.22. The van der Waals surface area contributed by atoms with Crippen LogP contribution in [0.4, 0.5) is 0 Å². The van der Waals surface area contributed by atoms with Gasteiger partial charge in [-0.25, -0.2) is 0 Å². The lowest BCUT2D eigenvalue weighted by molar-refractivity contribution is -0.141. The van der Waals surface area contributed by atoms with Gasteiger partial charge in [0.1, 0.15) is 6.04 Å². The van der Waals surface area contributed by atoms with Crippen molar-refractivity contribution in [2.75, 3.05) is 6.61 Å². The van der Waals surface area contributed by atoms with Gasteiger partial charge >= 0.3 is 5.97 Å². The van der Waals surface area contributed by atoms with Gasteiger partial charge in [-0.2, -0.15) is 0 Å². The van der Waals surface area contributed by atoms with Crippen LogP contribution in [-0.4, -0.2) is 34.4 Å². The van der Waals surface area contributed by atoms with Crippen LogP contribution in [0.5, 0.6) is 0 Å². The van der Waals surface area contributed by atoms with E-state index in [-0.39, 0.29) is 18.1 Å². The first-order valence-corrected chi connectivity index (χ1v) is 4.91. The Morgan fingerprint density at radius 1 is 1.43 bits per heavy atom. The van der Waals surface area contributed by atoms with Gasteiger partial charge in [-0.3, -0.25) is 10.1 Å². The van der Waals surface area contributed by atoms with Crippen LogP contribution >= 0.6 is 0 Å². The van der Waals surface area contributed by atoms with Gasteiger partial charge in [0.25, 0.3) is 0 Å². The molecular weight excluding hydrogens is 182 g/mol. The predicted octanol–water partition coefficient (Wildman–Crippen LogP) is 0.846. The Kier molecular flexibility index (Phi) is 5.08. The molecule has 0 rings (SSSR count). The van der Waals surface area contributed by atoms with Crippen LogP contribution < -0.4 is 5.32 Å². The predicted molar refractivity (Wildman–Crippen MR) is 55.2 cm³/mol. The fourth-order valence-corrected chi connectivity index (χ4v) is 1.29. The molecule has 0 aliphatic rings. The molecule has 0 spiro atoms. The lowest BCUT2D eigenvalue weighted by Gasteiger charge is -2.31. The van der Waals surface area contributed by atoms with Crippen molar-refractivity contribution in [1.82, 2.24) is 5.32 Å². The molecule has 0 heterocycles. The Bertz CT molecular complexity index is 190. The van der Waals surface area contributed by atoms with Gasteiger partial charge in [-0.05, 0) is 26.2 Å². The van der Waals surface area contributed by atoms with Crippen molar-refractivity contribution in [3.05, 3.63) is 0 Å². The average molecular weight is 203 g/mol. The standard InChI is InChI=1S/C10H21NO3/c1-7(2)8(9(13)14)11-10(3,4)5-6-12/h7-8,11-12H,5-6H2,1-4H3,(H,13,14). The monoisotopic (exact) mass is 203 g/mol. The number of aliphatic carboxylic acids is 1. The summed E-state index contributed by atoms with van der Waals surface area (Å²) in [5.74, 6) is -0.809. The number of carboxylic acid groups (broad SMARTS) is 1. The number of nitrogens with one attached hydrogen (secondary N) is 1. The van der Waals surface area contributed by atoms with E-state index < -0.39 is 12.0 Å². The minimum Gasteiger partial charge on any atom is -0.480 e. The molecule has 0 saturated carbocycles. The molecular formula is C10H21NO3. The van der Waals surface area contributed by atoms with E-state index in [2.05, 4.69) is 5.32 Å². The van der Waals surface area contributed by atoms with Crippen LogP contribution in [0.2, 0.25) is 0 Å². The molecule has 84 valence electrons. The summed E-state index contributed by atoms with van der Waals surface area (Å²) in [6, 6.07) is -0.559. The van der Waals surface area contributed by atoms with Gasteiger partial charge < -0.3 is 10.2 Å². The lowest BCUT2D eigenvalue weighted by atomic mass is 9.96. The summed E-state index contributed by atoms with van der Waals surface area (Å²) in [7, 11) is 0. The molecule has 0 aliphatic heterocycles. The summed E-state index contributed by atoms with van der Waals surface area (Å²) in [6.07, 6.45) is 0.545. The molecule has 14 heavy (non-hydrogen) atoms. The number of carbonyl (C=O) groups is 1. The third kappa shape index (κ3) is 4.58. The molecule has 1 atom stereocenters. The highest BCUT2D eigenvalue weighted by atomic mass is 16.4. The second-order valence-electron chi connectivity index (χ2n) is 4.56. The van der Waals surface area contributed by atoms with Crippen molar-refractivity contribution in [2.24, 2.45) is 5.92 Å². The highest BCUT2D eigenvalue weighted by molar-refractivity contribution is 5.73. The number of rotatable bonds is 6. The average Bonchev–Trinajstić information content (AvgIpc) is 1.99. The SMILES string of the molecule is CC(C)C(NC(C)(C)CCO)C(=O)O. The zero-order valence-corrected chi connectivity index (χ0v) is 9.37. The van der Waals surface area contributed by atoms with Crippen molar-refractivity contribution in [2.45, 2.75) is 45.7 Å². The van der Waals surface area contributed by atoms with Gasteiger partial charge in [-0.1, -0.05) is 13.8 Å². The molecule has 0 bridgehead atoms. The number of hydrogen-bond donors (Lipinski definition) is 3. The van der Waals surface area contributed by atoms with Crippen LogP contribution in [0.15, 0.2) is 0 Å². The molecule has 0 aromatic carbocycles. The van der Waals surface area contributed by atoms with E-state index in [1.807, 2.05) is 27.7 Å². The minimum atomic E-state index is -0.842. The third-order valence-electron chi connectivity index (χ3n) is 2.22. The molecule has 0 radical (unpaired) electrons. The van der Waals surface area contributed by atoms with E-state index in [1.54, 1.807) is 0 Å². The zero-order chi connectivity index (χ0) is 11.4. The van der Waals surface area contributed by atoms with Crippen molar-refractivity contribution >= 4 is 5.97 Å². The van der Waals surface area contributed by atoms with E-state index in [0.717, 1.165) is 0 Å². The number of hydrogen-bond acceptors (Lipinski definition) is 3. The van der Waals surface area contributed by atoms with Crippen molar-refractivity contribution in [1.29, 1.82) is 0 Å². The molecule has 4 heteroatoms. The molecule has 0 saturated heterocycles. The van der Waals surface area contributed by atoms with E-state index in [9.17, 15) is 4.79 Å². The number of carboxylic acids is 1. The summed E-state index contributed by atoms with van der Waals surface area (Å²) < 4.78 is 0. The fourth-order valence-electron chi connectivity index (χ4n) is 1.29. The molecule has 0 aromatic rings. The van der Waals surface area contributed by atoms with Crippen LogP contribution in [0, 0.1) is 5.92 Å². The summed E-state index contributed by atoms with van der Waals surface area (Å²) in [4.78, 5) is 10.9. The lowest BCUT2D eigenvalue weighted by Crippen LogP contribution is -2.52. The normalized spacial score (nSPS) is 14.4. The molecule has 0 fully saturated rings. The first kappa shape index (κ1) is 13.4. The van der Waals surface area contributed by atoms with Gasteiger partial charge in [0, 0.05) is 12.1 Å². The maximum Gasteiger partial charge on any atom is 0.320 e. The number of aliphatic hydroxyl groups is 1. The van der Waals surface area contributed by atoms with E-state index >= 15 is 0 Å². The van der Waals surface area contributed by atoms with Crippen LogP contribution in [0.1, 0.15) is 34.1 Å². The molecule has 0 aliphatic carbocycles. The highest BCUT2D eigenvalue weighted by Gasteiger charge is 2.28. The molecule has 0 amide bonds. The van der Waals surface area contributed by atoms with Crippen LogP contribution in [0.3, 0.4) is 0 Å². The second kappa shape index (κ2) is 5.32. The van der Waals surface area contributed by atoms with E-state index in [0.29, 0.717) is 6.42 Å². The molecule has 4 nitrogen and oxygen atoms in total. The van der Waals surface area contributed by atoms with Gasteiger partial charge in [0.15, 0.2) is 0 Å². The summed E-state index contributed by atoms with van der Waals surface area (Å²) in [5.41, 5.74) is -0.345. The summed E-state index contributed by atoms with van der Waals surface area (Å²) in [5, 5.41) is 20.8. The minimum absolute atomic E-state index is 0.0328. The Balaban J connectivity index is 4.36. The smallest absolute Gasteiger partial charge is 0.320 e. The van der Waals surface area contributed by atoms with Crippen molar-refractivity contribution in [3.8, 4) is 0 Å². The molecule has 3 N–H and O–H groups in total. The van der Waals surface area contributed by atoms with Crippen molar-refractivity contribution in [3.63, 3.8) is 0 Å². The van der Waals surface area contributed by atoms with E-state index in [1.165, 1.54) is 0 Å². The maximum atomic E-state index is 10.9. The maximum absolute atomic E-state index is 10.9. The van der Waals surface area contributed by atoms with Crippen molar-refractivity contribution < 1.29 is 15.0 Å². The molecule has 1 unspecified atom stereocenters. The summed E-state index contributed by atoms with van der Waals surface area (Å²) >= 11 is 0. The van der Waals surface area contributed by atoms with Crippen LogP contribution in [-0.2, 0) is 4.79 Å². The zero-order valence-electron chi connectivity index (χ0n) is 9.37. The Morgan fingerprint density at radius 2 is 1.93 bits per heavy atom. The van der Waals surface area contributed by atoms with E-state index in [4.69, 9.17) is 10.2 Å². The van der Waals surface area contributed by atoms with Gasteiger partial charge in [-0.15, -0.1) is 0 Å². The van der Waals surface area contributed by atoms with Gasteiger partial charge in [0.05, 0.1) is 0 Å². The summed E-state index contributed by atoms with van der Waals surface area (Å²) in [6.45, 7) is 7.56. The highest BCUT2D eigenvalue weighted by Crippen LogP contribution is 2.12. The number of aliphatic hydroxyl groups excluding tert-OH is 1. The Hall–Kier alpha value is -0.610. The second-order valence-corrected chi connectivity index (χ2v) is 4.56. The van der Waals surface area contributed by atoms with Crippen LogP contribution in [0.25, 0.3) is 0 Å². The fraction of sp³-hybridized carbons (Fsp3) is 0.900. The topological polar surface area (TPSA) is 69.6 Å². The largest absolute Gasteiger partial charge is 0.480 e. The van der Waals surface area contributed by atoms with Gasteiger partial charge in [0.2, 0.25) is 0 Å². The first-order valence-electron chi connectivity index (χ1n) is 4.91. The Labute approximate surface area is 85.3 Å².